The Hall–Kier alpha value is -3.24. The van der Waals surface area contributed by atoms with E-state index in [0.29, 0.717) is 11.3 Å². The fourth-order valence-corrected chi connectivity index (χ4v) is 2.04. The average Bonchev–Trinajstić information content (AvgIpc) is 2.59. The molecule has 1 atom stereocenters. The molecule has 0 bridgehead atoms. The predicted molar refractivity (Wildman–Crippen MR) is 86.7 cm³/mol. The van der Waals surface area contributed by atoms with E-state index in [1.165, 1.54) is 24.3 Å². The molecular weight excluding hydrogens is 327 g/mol. The van der Waals surface area contributed by atoms with Gasteiger partial charge in [0.1, 0.15) is 5.82 Å². The fraction of sp³-hybridized carbons (Fsp3) is 0.167. The van der Waals surface area contributed by atoms with Gasteiger partial charge in [-0.15, -0.1) is 0 Å². The van der Waals surface area contributed by atoms with Gasteiger partial charge in [0.15, 0.2) is 12.2 Å². The number of hydrogen-bond acceptors (Lipinski definition) is 5. The van der Waals surface area contributed by atoms with Gasteiger partial charge in [-0.3, -0.25) is 4.79 Å². The first kappa shape index (κ1) is 18.1. The average molecular weight is 342 g/mol. The third-order valence-electron chi connectivity index (χ3n) is 3.39. The molecule has 2 N–H and O–H groups in total. The van der Waals surface area contributed by atoms with Gasteiger partial charge in [0.2, 0.25) is 0 Å². The summed E-state index contributed by atoms with van der Waals surface area (Å²) >= 11 is 0. The molecule has 7 heteroatoms. The molecule has 0 unspecified atom stereocenters. The number of benzene rings is 2. The number of nitrogens with zero attached hydrogens (tertiary/aromatic N) is 1. The molecule has 0 aliphatic rings. The second kappa shape index (κ2) is 7.55. The minimum atomic E-state index is -2.09. The van der Waals surface area contributed by atoms with Crippen molar-refractivity contribution in [2.75, 3.05) is 11.9 Å². The first-order valence-corrected chi connectivity index (χ1v) is 7.28. The van der Waals surface area contributed by atoms with Gasteiger partial charge < -0.3 is 15.2 Å². The van der Waals surface area contributed by atoms with E-state index in [4.69, 9.17) is 10.00 Å². The third-order valence-corrected chi connectivity index (χ3v) is 3.39. The maximum absolute atomic E-state index is 13.2. The molecule has 2 aromatic carbocycles. The van der Waals surface area contributed by atoms with Crippen molar-refractivity contribution in [3.63, 3.8) is 0 Å². The van der Waals surface area contributed by atoms with E-state index in [0.717, 1.165) is 13.0 Å². The van der Waals surface area contributed by atoms with Crippen molar-refractivity contribution in [3.05, 3.63) is 65.5 Å². The lowest BCUT2D eigenvalue weighted by Crippen LogP contribution is -2.36. The van der Waals surface area contributed by atoms with Crippen LogP contribution in [-0.4, -0.2) is 23.6 Å². The number of nitriles is 1. The van der Waals surface area contributed by atoms with E-state index in [1.54, 1.807) is 18.2 Å². The lowest BCUT2D eigenvalue weighted by molar-refractivity contribution is -0.166. The number of rotatable bonds is 5. The molecule has 1 amide bonds. The Labute approximate surface area is 143 Å². The number of halogens is 1. The van der Waals surface area contributed by atoms with Gasteiger partial charge in [0.25, 0.3) is 5.91 Å². The van der Waals surface area contributed by atoms with Crippen LogP contribution in [-0.2, 0) is 19.9 Å². The number of esters is 1. The summed E-state index contributed by atoms with van der Waals surface area (Å²) in [6.45, 7) is 0.513. The molecule has 0 aliphatic heterocycles. The number of ether oxygens (including phenoxy) is 1. The molecule has 0 saturated heterocycles. The third kappa shape index (κ3) is 4.62. The van der Waals surface area contributed by atoms with Gasteiger partial charge in [0.05, 0.1) is 11.6 Å². The normalized spacial score (nSPS) is 12.6. The quantitative estimate of drug-likeness (QED) is 0.811. The van der Waals surface area contributed by atoms with Crippen LogP contribution in [0, 0.1) is 17.1 Å². The Kier molecular flexibility index (Phi) is 5.47. The van der Waals surface area contributed by atoms with Crippen molar-refractivity contribution in [2.24, 2.45) is 0 Å². The van der Waals surface area contributed by atoms with Crippen LogP contribution < -0.4 is 5.32 Å². The van der Waals surface area contributed by atoms with E-state index in [-0.39, 0.29) is 5.56 Å². The number of carbonyl (C=O) groups is 2. The number of anilines is 1. The molecule has 2 rings (SSSR count). The summed E-state index contributed by atoms with van der Waals surface area (Å²) < 4.78 is 18.0. The van der Waals surface area contributed by atoms with Gasteiger partial charge in [-0.2, -0.15) is 5.26 Å². The second-order valence-electron chi connectivity index (χ2n) is 5.40. The molecule has 6 nitrogen and oxygen atoms in total. The predicted octanol–water partition coefficient (Wildman–Crippen LogP) is 2.09. The lowest BCUT2D eigenvalue weighted by atomic mass is 9.96. The van der Waals surface area contributed by atoms with E-state index < -0.39 is 29.9 Å². The Morgan fingerprint density at radius 3 is 2.68 bits per heavy atom. The van der Waals surface area contributed by atoms with Crippen LogP contribution in [0.5, 0.6) is 0 Å². The van der Waals surface area contributed by atoms with Crippen molar-refractivity contribution in [3.8, 4) is 6.07 Å². The summed E-state index contributed by atoms with van der Waals surface area (Å²) in [5.41, 5.74) is -1.34. The maximum atomic E-state index is 13.2. The van der Waals surface area contributed by atoms with Crippen molar-refractivity contribution >= 4 is 17.6 Å². The molecule has 0 radical (unpaired) electrons. The smallest absolute Gasteiger partial charge is 0.343 e. The molecule has 0 spiro atoms. The van der Waals surface area contributed by atoms with Crippen LogP contribution in [0.25, 0.3) is 0 Å². The van der Waals surface area contributed by atoms with E-state index in [1.807, 2.05) is 6.07 Å². The number of hydrogen-bond donors (Lipinski definition) is 2. The van der Waals surface area contributed by atoms with Gasteiger partial charge in [0, 0.05) is 5.69 Å². The summed E-state index contributed by atoms with van der Waals surface area (Å²) in [6, 6.07) is 13.0. The molecule has 0 aromatic heterocycles. The monoisotopic (exact) mass is 342 g/mol. The highest BCUT2D eigenvalue weighted by Crippen LogP contribution is 2.23. The highest BCUT2D eigenvalue weighted by atomic mass is 19.1. The minimum Gasteiger partial charge on any atom is -0.453 e. The van der Waals surface area contributed by atoms with Gasteiger partial charge in [-0.1, -0.05) is 18.2 Å². The summed E-state index contributed by atoms with van der Waals surface area (Å²) in [4.78, 5) is 23.8. The molecule has 2 aromatic rings. The highest BCUT2D eigenvalue weighted by Gasteiger charge is 2.35. The second-order valence-corrected chi connectivity index (χ2v) is 5.40. The zero-order chi connectivity index (χ0) is 18.4. The maximum Gasteiger partial charge on any atom is 0.343 e. The molecule has 128 valence electrons. The Morgan fingerprint density at radius 1 is 1.28 bits per heavy atom. The Bertz CT molecular complexity index is 843. The topological polar surface area (TPSA) is 99.4 Å². The summed E-state index contributed by atoms with van der Waals surface area (Å²) in [5.74, 6) is -2.33. The Morgan fingerprint density at radius 2 is 2.00 bits per heavy atom. The molecule has 25 heavy (non-hydrogen) atoms. The van der Waals surface area contributed by atoms with Gasteiger partial charge in [-0.05, 0) is 42.8 Å². The van der Waals surface area contributed by atoms with E-state index >= 15 is 0 Å². The van der Waals surface area contributed by atoms with Crippen LogP contribution in [0.1, 0.15) is 18.1 Å². The Balaban J connectivity index is 1.96. The molecule has 0 aliphatic carbocycles. The SMILES string of the molecule is C[C@@](O)(C(=O)OCC(=O)Nc1cccc(C#N)c1)c1cccc(F)c1. The standard InChI is InChI=1S/C18H15FN2O4/c1-18(24,13-5-3-6-14(19)9-13)17(23)25-11-16(22)21-15-7-2-4-12(8-15)10-20/h2-9,24H,11H2,1H3,(H,21,22)/t18-/m0/s1. The number of aliphatic hydroxyl groups is 1. The van der Waals surface area contributed by atoms with Crippen molar-refractivity contribution < 1.29 is 23.8 Å². The number of nitrogens with one attached hydrogen (secondary N) is 1. The minimum absolute atomic E-state index is 0.0135. The molecule has 0 heterocycles. The summed E-state index contributed by atoms with van der Waals surface area (Å²) in [7, 11) is 0. The van der Waals surface area contributed by atoms with Crippen molar-refractivity contribution in [2.45, 2.75) is 12.5 Å². The summed E-state index contributed by atoms with van der Waals surface area (Å²) in [5, 5.41) is 21.5. The number of carbonyl (C=O) groups excluding carboxylic acids is 2. The highest BCUT2D eigenvalue weighted by molar-refractivity contribution is 5.93. The summed E-state index contributed by atoms with van der Waals surface area (Å²) in [6.07, 6.45) is 0. The van der Waals surface area contributed by atoms with Crippen LogP contribution in [0.2, 0.25) is 0 Å². The zero-order valence-corrected chi connectivity index (χ0v) is 13.3. The lowest BCUT2D eigenvalue weighted by Gasteiger charge is -2.21. The first-order valence-electron chi connectivity index (χ1n) is 7.28. The molecular formula is C18H15FN2O4. The fourth-order valence-electron chi connectivity index (χ4n) is 2.04. The van der Waals surface area contributed by atoms with Gasteiger partial charge >= 0.3 is 5.97 Å². The zero-order valence-electron chi connectivity index (χ0n) is 13.3. The van der Waals surface area contributed by atoms with Crippen LogP contribution in [0.15, 0.2) is 48.5 Å². The van der Waals surface area contributed by atoms with Crippen molar-refractivity contribution in [1.29, 1.82) is 5.26 Å². The van der Waals surface area contributed by atoms with Crippen molar-refractivity contribution in [1.82, 2.24) is 0 Å². The molecule has 0 saturated carbocycles. The number of amides is 1. The molecule has 0 fully saturated rings. The van der Waals surface area contributed by atoms with E-state index in [9.17, 15) is 19.1 Å². The van der Waals surface area contributed by atoms with Crippen LogP contribution in [0.4, 0.5) is 10.1 Å². The van der Waals surface area contributed by atoms with Crippen LogP contribution >= 0.6 is 0 Å². The van der Waals surface area contributed by atoms with E-state index in [2.05, 4.69) is 5.32 Å². The van der Waals surface area contributed by atoms with Gasteiger partial charge in [-0.25, -0.2) is 9.18 Å². The van der Waals surface area contributed by atoms with Crippen LogP contribution in [0.3, 0.4) is 0 Å². The largest absolute Gasteiger partial charge is 0.453 e. The first-order chi connectivity index (χ1) is 11.8.